The normalized spacial score (nSPS) is 12.2. The summed E-state index contributed by atoms with van der Waals surface area (Å²) in [4.78, 5) is 11.9. The molecule has 0 aliphatic carbocycles. The lowest BCUT2D eigenvalue weighted by Gasteiger charge is -2.11. The smallest absolute Gasteiger partial charge is 0.308 e. The highest BCUT2D eigenvalue weighted by Gasteiger charge is 2.12. The van der Waals surface area contributed by atoms with E-state index in [4.69, 9.17) is 9.47 Å². The summed E-state index contributed by atoms with van der Waals surface area (Å²) in [6, 6.07) is 0. The van der Waals surface area contributed by atoms with Crippen LogP contribution in [0.25, 0.3) is 0 Å². The molecule has 0 saturated carbocycles. The topological polar surface area (TPSA) is 55.8 Å². The Morgan fingerprint density at radius 3 is 1.10 bits per heavy atom. The first kappa shape index (κ1) is 40.4. The van der Waals surface area contributed by atoms with Crippen LogP contribution >= 0.6 is 0 Å². The maximum atomic E-state index is 11.9. The van der Waals surface area contributed by atoms with Crippen LogP contribution in [0.3, 0.4) is 0 Å². The van der Waals surface area contributed by atoms with E-state index >= 15 is 0 Å². The lowest BCUT2D eigenvalue weighted by atomic mass is 10.0. The van der Waals surface area contributed by atoms with Crippen LogP contribution in [0.4, 0.5) is 0 Å². The van der Waals surface area contributed by atoms with Gasteiger partial charge in [-0.2, -0.15) is 0 Å². The molecule has 0 aromatic rings. The molecule has 0 aliphatic rings. The van der Waals surface area contributed by atoms with Crippen molar-refractivity contribution >= 4 is 5.97 Å². The Kier molecular flexibility index (Phi) is 35.1. The summed E-state index contributed by atoms with van der Waals surface area (Å²) < 4.78 is 10.9. The summed E-state index contributed by atoms with van der Waals surface area (Å²) in [6.45, 7) is 5.93. The largest absolute Gasteiger partial charge is 0.466 e. The average Bonchev–Trinajstić information content (AvgIpc) is 2.96. The number of unbranched alkanes of at least 4 members (excludes halogenated alkanes) is 27. The molecule has 246 valence electrons. The minimum atomic E-state index is -0.754. The van der Waals surface area contributed by atoms with E-state index in [9.17, 15) is 9.90 Å². The van der Waals surface area contributed by atoms with E-state index in [1.54, 1.807) is 0 Å². The number of hydrogen-bond donors (Lipinski definition) is 1. The molecular weight excluding hydrogens is 508 g/mol. The van der Waals surface area contributed by atoms with E-state index in [-0.39, 0.29) is 19.0 Å². The maximum absolute atomic E-state index is 11.9. The highest BCUT2D eigenvalue weighted by atomic mass is 16.5. The molecule has 0 rings (SSSR count). The third-order valence-electron chi connectivity index (χ3n) is 8.37. The summed E-state index contributed by atoms with van der Waals surface area (Å²) in [5.74, 6) is -0.303. The van der Waals surface area contributed by atoms with E-state index in [2.05, 4.69) is 13.8 Å². The number of carbonyl (C=O) groups is 1. The molecule has 0 spiro atoms. The van der Waals surface area contributed by atoms with Gasteiger partial charge < -0.3 is 14.6 Å². The van der Waals surface area contributed by atoms with Crippen LogP contribution < -0.4 is 0 Å². The first-order valence-corrected chi connectivity index (χ1v) is 18.6. The van der Waals surface area contributed by atoms with E-state index in [1.807, 2.05) is 0 Å². The van der Waals surface area contributed by atoms with Crippen LogP contribution in [0.5, 0.6) is 0 Å². The zero-order valence-corrected chi connectivity index (χ0v) is 28.1. The maximum Gasteiger partial charge on any atom is 0.308 e. The summed E-state index contributed by atoms with van der Waals surface area (Å²) in [5, 5.41) is 10.0. The van der Waals surface area contributed by atoms with Gasteiger partial charge in [-0.3, -0.25) is 4.79 Å². The first-order valence-electron chi connectivity index (χ1n) is 18.6. The van der Waals surface area contributed by atoms with Gasteiger partial charge in [0.15, 0.2) is 0 Å². The molecule has 4 nitrogen and oxygen atoms in total. The van der Waals surface area contributed by atoms with Gasteiger partial charge in [-0.1, -0.05) is 187 Å². The Morgan fingerprint density at radius 1 is 0.463 bits per heavy atom. The SMILES string of the molecule is CCCCCCCCCCCCCCCCCOC(=O)CC(O)COCCCCCCCCCCCCCCCC. The zero-order valence-electron chi connectivity index (χ0n) is 28.1. The van der Waals surface area contributed by atoms with Gasteiger partial charge in [-0.05, 0) is 12.8 Å². The van der Waals surface area contributed by atoms with E-state index < -0.39 is 6.10 Å². The molecule has 0 aromatic carbocycles. The van der Waals surface area contributed by atoms with Crippen LogP contribution in [0.2, 0.25) is 0 Å². The Morgan fingerprint density at radius 2 is 0.756 bits per heavy atom. The second-order valence-corrected chi connectivity index (χ2v) is 12.7. The lowest BCUT2D eigenvalue weighted by molar-refractivity contribution is -0.146. The molecule has 0 aliphatic heterocycles. The van der Waals surface area contributed by atoms with Crippen LogP contribution in [0.15, 0.2) is 0 Å². The quantitative estimate of drug-likeness (QED) is 0.0596. The molecule has 0 radical (unpaired) electrons. The Labute approximate surface area is 257 Å². The predicted octanol–water partition coefficient (Wildman–Crippen LogP) is 11.6. The van der Waals surface area contributed by atoms with Gasteiger partial charge >= 0.3 is 5.97 Å². The number of rotatable bonds is 35. The van der Waals surface area contributed by atoms with Crippen LogP contribution in [-0.2, 0) is 14.3 Å². The molecule has 1 N–H and O–H groups in total. The first-order chi connectivity index (χ1) is 20.2. The lowest BCUT2D eigenvalue weighted by Crippen LogP contribution is -2.21. The van der Waals surface area contributed by atoms with Crippen molar-refractivity contribution in [3.63, 3.8) is 0 Å². The van der Waals surface area contributed by atoms with Gasteiger partial charge in [0.05, 0.1) is 25.7 Å². The number of aliphatic hydroxyl groups is 1. The summed E-state index contributed by atoms with van der Waals surface area (Å²) in [5.41, 5.74) is 0. The van der Waals surface area contributed by atoms with Crippen LogP contribution in [-0.4, -0.2) is 37.0 Å². The Hall–Kier alpha value is -0.610. The molecule has 1 unspecified atom stereocenters. The number of ether oxygens (including phenoxy) is 2. The molecule has 0 heterocycles. The van der Waals surface area contributed by atoms with Crippen molar-refractivity contribution in [1.29, 1.82) is 0 Å². The summed E-state index contributed by atoms with van der Waals surface area (Å²) >= 11 is 0. The predicted molar refractivity (Wildman–Crippen MR) is 178 cm³/mol. The van der Waals surface area contributed by atoms with Crippen molar-refractivity contribution in [3.8, 4) is 0 Å². The minimum absolute atomic E-state index is 0.0392. The fourth-order valence-electron chi connectivity index (χ4n) is 5.59. The van der Waals surface area contributed by atoms with Gasteiger partial charge in [-0.15, -0.1) is 0 Å². The molecule has 1 atom stereocenters. The second-order valence-electron chi connectivity index (χ2n) is 12.7. The molecule has 4 heteroatoms. The van der Waals surface area contributed by atoms with Crippen molar-refractivity contribution < 1.29 is 19.4 Å². The van der Waals surface area contributed by atoms with Gasteiger partial charge in [0.25, 0.3) is 0 Å². The van der Waals surface area contributed by atoms with Gasteiger partial charge in [0.2, 0.25) is 0 Å². The molecule has 41 heavy (non-hydrogen) atoms. The van der Waals surface area contributed by atoms with Crippen molar-refractivity contribution in [2.75, 3.05) is 19.8 Å². The van der Waals surface area contributed by atoms with Crippen molar-refractivity contribution in [3.05, 3.63) is 0 Å². The van der Waals surface area contributed by atoms with Crippen LogP contribution in [0.1, 0.15) is 206 Å². The third kappa shape index (κ3) is 35.5. The molecular formula is C37H74O4. The number of esters is 1. The monoisotopic (exact) mass is 583 g/mol. The standard InChI is InChI=1S/C37H74O4/c1-3-5-7-9-11-13-15-17-19-21-23-25-27-29-31-33-41-37(39)34-36(38)35-40-32-30-28-26-24-22-20-18-16-14-12-10-8-6-4-2/h36,38H,3-35H2,1-2H3. The third-order valence-corrected chi connectivity index (χ3v) is 8.37. The van der Waals surface area contributed by atoms with E-state index in [1.165, 1.54) is 167 Å². The summed E-state index contributed by atoms with van der Waals surface area (Å²) in [7, 11) is 0. The van der Waals surface area contributed by atoms with Crippen LogP contribution in [0, 0.1) is 0 Å². The van der Waals surface area contributed by atoms with Crippen molar-refractivity contribution in [2.45, 2.75) is 213 Å². The van der Waals surface area contributed by atoms with Gasteiger partial charge in [-0.25, -0.2) is 0 Å². The Balaban J connectivity index is 3.26. The van der Waals surface area contributed by atoms with Gasteiger partial charge in [0, 0.05) is 6.61 Å². The van der Waals surface area contributed by atoms with Gasteiger partial charge in [0.1, 0.15) is 0 Å². The van der Waals surface area contributed by atoms with Crippen molar-refractivity contribution in [2.24, 2.45) is 0 Å². The molecule has 0 saturated heterocycles. The van der Waals surface area contributed by atoms with E-state index in [0.29, 0.717) is 13.2 Å². The molecule has 0 fully saturated rings. The average molecular weight is 583 g/mol. The minimum Gasteiger partial charge on any atom is -0.466 e. The fraction of sp³-hybridized carbons (Fsp3) is 0.973. The molecule has 0 amide bonds. The highest BCUT2D eigenvalue weighted by molar-refractivity contribution is 5.69. The van der Waals surface area contributed by atoms with Crippen molar-refractivity contribution in [1.82, 2.24) is 0 Å². The summed E-state index contributed by atoms with van der Waals surface area (Å²) in [6.07, 6.45) is 38.0. The zero-order chi connectivity index (χ0) is 29.9. The highest BCUT2D eigenvalue weighted by Crippen LogP contribution is 2.14. The number of hydrogen-bond acceptors (Lipinski definition) is 4. The number of aliphatic hydroxyl groups excluding tert-OH is 1. The Bertz CT molecular complexity index is 495. The fourth-order valence-corrected chi connectivity index (χ4v) is 5.59. The second kappa shape index (κ2) is 35.6. The molecule has 0 bridgehead atoms. The molecule has 0 aromatic heterocycles. The van der Waals surface area contributed by atoms with E-state index in [0.717, 1.165) is 19.3 Å². The number of carbonyl (C=O) groups excluding carboxylic acids is 1.